The third-order valence-electron chi connectivity index (χ3n) is 4.95. The Bertz CT molecular complexity index is 895. The highest BCUT2D eigenvalue weighted by Crippen LogP contribution is 2.54. The number of aliphatic carboxylic acids is 3. The molecule has 4 N–H and O–H groups in total. The number of carbonyl (C=O) groups is 3. The Labute approximate surface area is 177 Å². The van der Waals surface area contributed by atoms with Gasteiger partial charge in [0.05, 0.1) is 17.2 Å². The fourth-order valence-electron chi connectivity index (χ4n) is 3.96. The second kappa shape index (κ2) is 9.89. The lowest BCUT2D eigenvalue weighted by atomic mass is 9.81. The molecule has 1 fully saturated rings. The van der Waals surface area contributed by atoms with E-state index in [2.05, 4.69) is 11.8 Å². The summed E-state index contributed by atoms with van der Waals surface area (Å²) in [5, 5.41) is 44.0. The van der Waals surface area contributed by atoms with Crippen LogP contribution in [-0.4, -0.2) is 75.0 Å². The minimum Gasteiger partial charge on any atom is -0.508 e. The molecule has 31 heavy (non-hydrogen) atoms. The molecule has 2 atom stereocenters. The molecule has 0 saturated carbocycles. The molecule has 0 amide bonds. The zero-order valence-corrected chi connectivity index (χ0v) is 17.5. The molecule has 12 heteroatoms. The first-order chi connectivity index (χ1) is 14.2. The van der Waals surface area contributed by atoms with Crippen molar-refractivity contribution >= 4 is 29.3 Å². The quantitative estimate of drug-likeness (QED) is 0.304. The first-order valence-corrected chi connectivity index (χ1v) is 9.00. The van der Waals surface area contributed by atoms with Crippen LogP contribution in [0.3, 0.4) is 0 Å². The summed E-state index contributed by atoms with van der Waals surface area (Å²) in [7, 11) is 3.92. The Morgan fingerprint density at radius 3 is 2.06 bits per heavy atom. The fraction of sp³-hybridized carbons (Fsp3) is 0.421. The second-order valence-electron chi connectivity index (χ2n) is 7.28. The molecule has 0 spiro atoms. The zero-order valence-electron chi connectivity index (χ0n) is 17.5. The molecule has 0 bridgehead atoms. The van der Waals surface area contributed by atoms with Crippen LogP contribution in [-0.2, 0) is 19.8 Å². The van der Waals surface area contributed by atoms with Gasteiger partial charge < -0.3 is 25.3 Å². The molecular weight excluding hydrogens is 414 g/mol. The van der Waals surface area contributed by atoms with Crippen LogP contribution in [0.1, 0.15) is 25.8 Å². The van der Waals surface area contributed by atoms with Gasteiger partial charge in [-0.05, 0) is 25.1 Å². The van der Waals surface area contributed by atoms with Crippen molar-refractivity contribution in [2.24, 2.45) is 0 Å². The summed E-state index contributed by atoms with van der Waals surface area (Å²) in [6.45, 7) is 4.15. The number of hydrogen-bond donors (Lipinski definition) is 4. The van der Waals surface area contributed by atoms with Crippen LogP contribution >= 0.6 is 0 Å². The Balaban J connectivity index is 0.000000336. The van der Waals surface area contributed by atoms with E-state index in [1.165, 1.54) is 6.07 Å². The zero-order chi connectivity index (χ0) is 24.1. The van der Waals surface area contributed by atoms with Crippen molar-refractivity contribution < 1.29 is 39.7 Å². The average Bonchev–Trinajstić information content (AvgIpc) is 3.05. The van der Waals surface area contributed by atoms with Gasteiger partial charge >= 0.3 is 11.9 Å². The maximum atomic E-state index is 11.2. The van der Waals surface area contributed by atoms with Gasteiger partial charge in [0.1, 0.15) is 11.4 Å². The van der Waals surface area contributed by atoms with Gasteiger partial charge in [0.15, 0.2) is 0 Å². The summed E-state index contributed by atoms with van der Waals surface area (Å²) in [6.07, 6.45) is 2.17. The van der Waals surface area contributed by atoms with Gasteiger partial charge in [-0.3, -0.25) is 19.8 Å². The number of anilines is 1. The maximum Gasteiger partial charge on any atom is 0.328 e. The van der Waals surface area contributed by atoms with Gasteiger partial charge in [0.25, 0.3) is 11.7 Å². The Hall–Kier alpha value is -3.67. The average molecular weight is 439 g/mol. The van der Waals surface area contributed by atoms with Crippen molar-refractivity contribution in [2.45, 2.75) is 31.8 Å². The van der Waals surface area contributed by atoms with Crippen LogP contribution in [0.5, 0.6) is 5.75 Å². The van der Waals surface area contributed by atoms with Crippen LogP contribution < -0.4 is 4.90 Å². The van der Waals surface area contributed by atoms with Crippen molar-refractivity contribution in [2.75, 3.05) is 25.5 Å². The molecule has 12 nitrogen and oxygen atoms in total. The molecule has 0 unspecified atom stereocenters. The van der Waals surface area contributed by atoms with Crippen LogP contribution in [0, 0.1) is 10.1 Å². The lowest BCUT2D eigenvalue weighted by Crippen LogP contribution is -2.45. The maximum absolute atomic E-state index is 11.2. The molecule has 3 rings (SSSR count). The van der Waals surface area contributed by atoms with Gasteiger partial charge in [0, 0.05) is 38.1 Å². The Morgan fingerprint density at radius 2 is 1.65 bits per heavy atom. The van der Waals surface area contributed by atoms with Crippen LogP contribution in [0.25, 0.3) is 0 Å². The molecule has 2 aliphatic heterocycles. The highest BCUT2D eigenvalue weighted by molar-refractivity contribution is 5.89. The van der Waals surface area contributed by atoms with Crippen molar-refractivity contribution in [1.82, 2.24) is 4.90 Å². The van der Waals surface area contributed by atoms with E-state index in [9.17, 15) is 24.8 Å². The summed E-state index contributed by atoms with van der Waals surface area (Å²) in [5.41, 5.74) is 1.35. The second-order valence-corrected chi connectivity index (χ2v) is 7.28. The molecular formula is C19H25N3O9. The van der Waals surface area contributed by atoms with Crippen molar-refractivity contribution in [3.8, 4) is 5.75 Å². The summed E-state index contributed by atoms with van der Waals surface area (Å²) in [4.78, 5) is 43.1. The van der Waals surface area contributed by atoms with E-state index in [1.54, 1.807) is 6.07 Å². The van der Waals surface area contributed by atoms with E-state index < -0.39 is 22.8 Å². The van der Waals surface area contributed by atoms with E-state index in [4.69, 9.17) is 20.1 Å². The largest absolute Gasteiger partial charge is 0.508 e. The first-order valence-electron chi connectivity index (χ1n) is 9.00. The van der Waals surface area contributed by atoms with Gasteiger partial charge in [0.2, 0.25) is 0 Å². The number of fused-ring (bicyclic) bond motifs is 3. The SMILES string of the molecule is CC(=O)O.CN1CC[C@@]2(C)c3cc(O)cc([N+](=O)[O-])c3N(C)[C@@H]12.O=C(O)/C=C/C(=O)O. The minimum absolute atomic E-state index is 0.0125. The number of nitro groups is 1. The number of nitrogens with zero attached hydrogens (tertiary/aromatic N) is 3. The van der Waals surface area contributed by atoms with Crippen LogP contribution in [0.4, 0.5) is 11.4 Å². The predicted octanol–water partition coefficient (Wildman–Crippen LogP) is 1.47. The molecule has 0 aliphatic carbocycles. The highest BCUT2D eigenvalue weighted by Gasteiger charge is 2.54. The smallest absolute Gasteiger partial charge is 0.328 e. The Morgan fingerprint density at radius 1 is 1.16 bits per heavy atom. The summed E-state index contributed by atoms with van der Waals surface area (Å²) in [5.74, 6) is -3.38. The lowest BCUT2D eigenvalue weighted by molar-refractivity contribution is -0.384. The third-order valence-corrected chi connectivity index (χ3v) is 4.95. The lowest BCUT2D eigenvalue weighted by Gasteiger charge is -2.32. The molecule has 2 heterocycles. The van der Waals surface area contributed by atoms with Crippen molar-refractivity contribution in [1.29, 1.82) is 0 Å². The van der Waals surface area contributed by atoms with Crippen LogP contribution in [0.15, 0.2) is 24.3 Å². The van der Waals surface area contributed by atoms with E-state index in [0.717, 1.165) is 25.5 Å². The number of phenols is 1. The van der Waals surface area contributed by atoms with Gasteiger partial charge in [-0.25, -0.2) is 9.59 Å². The number of rotatable bonds is 3. The molecule has 1 aromatic rings. The van der Waals surface area contributed by atoms with Crippen molar-refractivity contribution in [3.63, 3.8) is 0 Å². The number of carboxylic acids is 3. The summed E-state index contributed by atoms with van der Waals surface area (Å²) < 4.78 is 0. The number of phenolic OH excluding ortho intramolecular Hbond substituents is 1. The number of benzene rings is 1. The molecule has 0 aromatic heterocycles. The van der Waals surface area contributed by atoms with Crippen LogP contribution in [0.2, 0.25) is 0 Å². The van der Waals surface area contributed by atoms with Gasteiger partial charge in [-0.2, -0.15) is 0 Å². The standard InChI is InChI=1S/C13H17N3O3.C4H4O4.C2H4O2/c1-13-4-5-14(2)12(13)15(3)11-9(13)6-8(17)7-10(11)16(18)19;5-3(6)1-2-4(7)8;1-2(3)4/h6-7,12,17H,4-5H2,1-3H3;1-2H,(H,5,6)(H,7,8);1H3,(H,3,4)/b;2-1+;/t12-,13+;;/m1../s1. The van der Waals surface area contributed by atoms with E-state index in [0.29, 0.717) is 17.8 Å². The molecule has 170 valence electrons. The first kappa shape index (κ1) is 25.4. The van der Waals surface area contributed by atoms with Gasteiger partial charge in [-0.1, -0.05) is 6.92 Å². The number of likely N-dealkylation sites (N-methyl/N-ethyl adjacent to an activating group) is 2. The number of likely N-dealkylation sites (tertiary alicyclic amines) is 1. The monoisotopic (exact) mass is 439 g/mol. The molecule has 0 radical (unpaired) electrons. The van der Waals surface area contributed by atoms with E-state index >= 15 is 0 Å². The van der Waals surface area contributed by atoms with Crippen molar-refractivity contribution in [3.05, 3.63) is 40.0 Å². The third kappa shape index (κ3) is 5.92. The highest BCUT2D eigenvalue weighted by atomic mass is 16.6. The number of carboxylic acid groups (broad SMARTS) is 3. The molecule has 2 aliphatic rings. The normalized spacial score (nSPS) is 21.3. The number of aromatic hydroxyl groups is 1. The Kier molecular flexibility index (Phi) is 8.09. The number of nitro benzene ring substituents is 1. The molecule has 1 aromatic carbocycles. The summed E-state index contributed by atoms with van der Waals surface area (Å²) in [6, 6.07) is 2.91. The molecule has 1 saturated heterocycles. The summed E-state index contributed by atoms with van der Waals surface area (Å²) >= 11 is 0. The predicted molar refractivity (Wildman–Crippen MR) is 109 cm³/mol. The fourth-order valence-corrected chi connectivity index (χ4v) is 3.96. The van der Waals surface area contributed by atoms with E-state index in [-0.39, 0.29) is 23.0 Å². The number of hydrogen-bond acceptors (Lipinski definition) is 8. The van der Waals surface area contributed by atoms with E-state index in [1.807, 2.05) is 19.0 Å². The topological polar surface area (TPSA) is 182 Å². The minimum atomic E-state index is -1.26. The van der Waals surface area contributed by atoms with Gasteiger partial charge in [-0.15, -0.1) is 0 Å².